The minimum absolute atomic E-state index is 0.00500. The van der Waals surface area contributed by atoms with E-state index in [4.69, 9.17) is 16.1 Å². The Kier molecular flexibility index (Phi) is 4.32. The van der Waals surface area contributed by atoms with Crippen LogP contribution in [0.1, 0.15) is 23.7 Å². The van der Waals surface area contributed by atoms with E-state index < -0.39 is 5.82 Å². The standard InChI is InChI=1S/C21H16ClFN4O2/c22-16-7-12(1-4-17(16)23)10-27-11-15(9-19(27)28)20-25-21(29-26-20)14-3-2-13-5-6-24-18(13)8-14/h1-8,15,24H,9-11H2. The number of rotatable bonds is 4. The fourth-order valence-corrected chi connectivity index (χ4v) is 3.86. The third-order valence-corrected chi connectivity index (χ3v) is 5.47. The number of fused-ring (bicyclic) bond motifs is 1. The van der Waals surface area contributed by atoms with Crippen molar-refractivity contribution in [2.24, 2.45) is 0 Å². The molecule has 1 aliphatic heterocycles. The third kappa shape index (κ3) is 3.38. The first-order chi connectivity index (χ1) is 14.1. The molecule has 0 saturated carbocycles. The van der Waals surface area contributed by atoms with Gasteiger partial charge in [0.15, 0.2) is 5.82 Å². The maximum absolute atomic E-state index is 13.3. The summed E-state index contributed by atoms with van der Waals surface area (Å²) in [5.74, 6) is 0.310. The molecule has 0 radical (unpaired) electrons. The van der Waals surface area contributed by atoms with Crippen molar-refractivity contribution in [1.29, 1.82) is 0 Å². The zero-order valence-corrected chi connectivity index (χ0v) is 16.0. The van der Waals surface area contributed by atoms with Crippen LogP contribution in [0.15, 0.2) is 53.2 Å². The van der Waals surface area contributed by atoms with E-state index in [2.05, 4.69) is 15.1 Å². The predicted octanol–water partition coefficient (Wildman–Crippen LogP) is 4.53. The number of aromatic amines is 1. The van der Waals surface area contributed by atoms with Crippen LogP contribution < -0.4 is 0 Å². The number of nitrogens with one attached hydrogen (secondary N) is 1. The van der Waals surface area contributed by atoms with E-state index in [1.54, 1.807) is 17.0 Å². The maximum Gasteiger partial charge on any atom is 0.258 e. The van der Waals surface area contributed by atoms with Crippen LogP contribution in [0.5, 0.6) is 0 Å². The van der Waals surface area contributed by atoms with Crippen LogP contribution >= 0.6 is 11.6 Å². The van der Waals surface area contributed by atoms with E-state index in [0.717, 1.165) is 22.0 Å². The minimum Gasteiger partial charge on any atom is -0.361 e. The molecule has 1 fully saturated rings. The maximum atomic E-state index is 13.3. The van der Waals surface area contributed by atoms with Gasteiger partial charge in [0.1, 0.15) is 5.82 Å². The summed E-state index contributed by atoms with van der Waals surface area (Å²) in [5, 5.41) is 5.25. The third-order valence-electron chi connectivity index (χ3n) is 5.18. The fourth-order valence-electron chi connectivity index (χ4n) is 3.66. The number of carbonyl (C=O) groups is 1. The van der Waals surface area contributed by atoms with Gasteiger partial charge in [0, 0.05) is 42.7 Å². The van der Waals surface area contributed by atoms with Gasteiger partial charge in [-0.1, -0.05) is 28.9 Å². The highest BCUT2D eigenvalue weighted by atomic mass is 35.5. The highest BCUT2D eigenvalue weighted by Gasteiger charge is 2.33. The Balaban J connectivity index is 1.33. The van der Waals surface area contributed by atoms with Crippen molar-refractivity contribution in [3.8, 4) is 11.5 Å². The number of carbonyl (C=O) groups excluding carboxylic acids is 1. The summed E-state index contributed by atoms with van der Waals surface area (Å²) < 4.78 is 18.8. The summed E-state index contributed by atoms with van der Waals surface area (Å²) in [6.07, 6.45) is 2.18. The zero-order valence-electron chi connectivity index (χ0n) is 15.2. The molecule has 4 aromatic rings. The number of amides is 1. The number of nitrogens with zero attached hydrogens (tertiary/aromatic N) is 3. The van der Waals surface area contributed by atoms with E-state index in [1.807, 2.05) is 30.5 Å². The van der Waals surface area contributed by atoms with Crippen molar-refractivity contribution < 1.29 is 13.7 Å². The summed E-state index contributed by atoms with van der Waals surface area (Å²) in [4.78, 5) is 21.8. The van der Waals surface area contributed by atoms with Gasteiger partial charge >= 0.3 is 0 Å². The second kappa shape index (κ2) is 7.00. The normalized spacial score (nSPS) is 16.8. The smallest absolute Gasteiger partial charge is 0.258 e. The van der Waals surface area contributed by atoms with Crippen LogP contribution in [0.2, 0.25) is 5.02 Å². The van der Waals surface area contributed by atoms with Gasteiger partial charge in [0.05, 0.1) is 5.02 Å². The number of hydrogen-bond acceptors (Lipinski definition) is 4. The summed E-state index contributed by atoms with van der Waals surface area (Å²) in [7, 11) is 0. The van der Waals surface area contributed by atoms with Crippen molar-refractivity contribution in [3.63, 3.8) is 0 Å². The monoisotopic (exact) mass is 410 g/mol. The van der Waals surface area contributed by atoms with Gasteiger partial charge < -0.3 is 14.4 Å². The fraction of sp³-hybridized carbons (Fsp3) is 0.190. The molecule has 0 aliphatic carbocycles. The zero-order chi connectivity index (χ0) is 20.0. The SMILES string of the molecule is O=C1CC(c2noc(-c3ccc4cc[nH]c4c3)n2)CN1Cc1ccc(F)c(Cl)c1. The first-order valence-electron chi connectivity index (χ1n) is 9.19. The molecule has 8 heteroatoms. The van der Waals surface area contributed by atoms with E-state index >= 15 is 0 Å². The van der Waals surface area contributed by atoms with Gasteiger partial charge in [-0.25, -0.2) is 4.39 Å². The number of hydrogen-bond donors (Lipinski definition) is 1. The van der Waals surface area contributed by atoms with Gasteiger partial charge in [-0.05, 0) is 41.3 Å². The number of aromatic nitrogens is 3. The van der Waals surface area contributed by atoms with Crippen molar-refractivity contribution in [2.45, 2.75) is 18.9 Å². The molecule has 29 heavy (non-hydrogen) atoms. The van der Waals surface area contributed by atoms with Crippen LogP contribution in [0.4, 0.5) is 4.39 Å². The van der Waals surface area contributed by atoms with E-state index in [9.17, 15) is 9.18 Å². The predicted molar refractivity (Wildman–Crippen MR) is 106 cm³/mol. The molecule has 1 atom stereocenters. The summed E-state index contributed by atoms with van der Waals surface area (Å²) >= 11 is 5.84. The van der Waals surface area contributed by atoms with Gasteiger partial charge in [0.25, 0.3) is 5.89 Å². The summed E-state index contributed by atoms with van der Waals surface area (Å²) in [5.41, 5.74) is 2.58. The van der Waals surface area contributed by atoms with Gasteiger partial charge in [-0.3, -0.25) is 4.79 Å². The van der Waals surface area contributed by atoms with E-state index in [1.165, 1.54) is 6.07 Å². The molecule has 2 aromatic heterocycles. The quantitative estimate of drug-likeness (QED) is 0.536. The molecule has 1 unspecified atom stereocenters. The largest absolute Gasteiger partial charge is 0.361 e. The Morgan fingerprint density at radius 3 is 3.00 bits per heavy atom. The number of benzene rings is 2. The molecule has 6 nitrogen and oxygen atoms in total. The lowest BCUT2D eigenvalue weighted by Gasteiger charge is -2.16. The van der Waals surface area contributed by atoms with Crippen LogP contribution in [-0.4, -0.2) is 32.5 Å². The Bertz CT molecular complexity index is 1220. The molecule has 0 spiro atoms. The Labute approximate surface area is 170 Å². The summed E-state index contributed by atoms with van der Waals surface area (Å²) in [6, 6.07) is 12.3. The lowest BCUT2D eigenvalue weighted by molar-refractivity contribution is -0.128. The second-order valence-corrected chi connectivity index (χ2v) is 7.57. The number of likely N-dealkylation sites (tertiary alicyclic amines) is 1. The van der Waals surface area contributed by atoms with Crippen molar-refractivity contribution in [3.05, 3.63) is 70.9 Å². The van der Waals surface area contributed by atoms with Crippen LogP contribution in [0.3, 0.4) is 0 Å². The average molecular weight is 411 g/mol. The molecular formula is C21H16ClFN4O2. The topological polar surface area (TPSA) is 75.0 Å². The van der Waals surface area contributed by atoms with E-state index in [0.29, 0.717) is 31.2 Å². The first kappa shape index (κ1) is 17.9. The highest BCUT2D eigenvalue weighted by Crippen LogP contribution is 2.30. The molecule has 1 N–H and O–H groups in total. The molecule has 3 heterocycles. The van der Waals surface area contributed by atoms with Crippen LogP contribution in [-0.2, 0) is 11.3 Å². The lowest BCUT2D eigenvalue weighted by Crippen LogP contribution is -2.24. The Morgan fingerprint density at radius 1 is 1.24 bits per heavy atom. The molecular weight excluding hydrogens is 395 g/mol. The van der Waals surface area contributed by atoms with Crippen molar-refractivity contribution in [1.82, 2.24) is 20.0 Å². The second-order valence-electron chi connectivity index (χ2n) is 7.16. The Hall–Kier alpha value is -3.19. The molecule has 0 bridgehead atoms. The molecule has 2 aromatic carbocycles. The van der Waals surface area contributed by atoms with Crippen molar-refractivity contribution in [2.75, 3.05) is 6.54 Å². The van der Waals surface area contributed by atoms with Gasteiger partial charge in [-0.2, -0.15) is 4.98 Å². The first-order valence-corrected chi connectivity index (χ1v) is 9.57. The molecule has 1 aliphatic rings. The van der Waals surface area contributed by atoms with Gasteiger partial charge in [-0.15, -0.1) is 0 Å². The molecule has 146 valence electrons. The Morgan fingerprint density at radius 2 is 2.14 bits per heavy atom. The van der Waals surface area contributed by atoms with Crippen LogP contribution in [0, 0.1) is 5.82 Å². The lowest BCUT2D eigenvalue weighted by atomic mass is 10.1. The van der Waals surface area contributed by atoms with Gasteiger partial charge in [0.2, 0.25) is 5.91 Å². The van der Waals surface area contributed by atoms with Crippen LogP contribution in [0.25, 0.3) is 22.4 Å². The average Bonchev–Trinajstić information content (AvgIpc) is 3.44. The van der Waals surface area contributed by atoms with Crippen molar-refractivity contribution >= 4 is 28.4 Å². The highest BCUT2D eigenvalue weighted by molar-refractivity contribution is 6.30. The number of H-pyrrole nitrogens is 1. The van der Waals surface area contributed by atoms with E-state index in [-0.39, 0.29) is 16.8 Å². The molecule has 1 saturated heterocycles. The minimum atomic E-state index is -0.474. The summed E-state index contributed by atoms with van der Waals surface area (Å²) in [6.45, 7) is 0.839. The molecule has 1 amide bonds. The molecule has 5 rings (SSSR count). The number of halogens is 2.